The van der Waals surface area contributed by atoms with Crippen molar-refractivity contribution in [2.75, 3.05) is 13.2 Å². The Morgan fingerprint density at radius 3 is 2.50 bits per heavy atom. The molecule has 44 heavy (non-hydrogen) atoms. The second-order valence-corrected chi connectivity index (χ2v) is 13.0. The Morgan fingerprint density at radius 1 is 1.09 bits per heavy atom. The number of aromatic nitrogens is 2. The first-order chi connectivity index (χ1) is 20.9. The van der Waals surface area contributed by atoms with E-state index >= 15 is 0 Å². The van der Waals surface area contributed by atoms with Crippen molar-refractivity contribution < 1.29 is 43.1 Å². The molecule has 4 unspecified atom stereocenters. The minimum absolute atomic E-state index is 0.00151. The van der Waals surface area contributed by atoms with Crippen molar-refractivity contribution in [1.29, 1.82) is 0 Å². The average molecular weight is 663 g/mol. The highest BCUT2D eigenvalue weighted by Crippen LogP contribution is 2.38. The lowest BCUT2D eigenvalue weighted by Gasteiger charge is -2.22. The van der Waals surface area contributed by atoms with Crippen LogP contribution in [0.3, 0.4) is 0 Å². The molecule has 1 aromatic rings. The van der Waals surface area contributed by atoms with E-state index in [0.717, 1.165) is 47.3 Å². The molecule has 2 heterocycles. The maximum Gasteiger partial charge on any atom is 0.469 e. The second-order valence-electron chi connectivity index (χ2n) is 11.2. The number of phosphoric ester groups is 1. The molecular formula is C27H43N4O11PS. The van der Waals surface area contributed by atoms with Gasteiger partial charge in [0.25, 0.3) is 11.5 Å². The number of nitrogens with zero attached hydrogens (tertiary/aromatic N) is 2. The molecule has 1 saturated heterocycles. The zero-order valence-corrected chi connectivity index (χ0v) is 26.3. The highest BCUT2D eigenvalue weighted by molar-refractivity contribution is 7.81. The number of ketones is 1. The lowest BCUT2D eigenvalue weighted by Crippen LogP contribution is -2.45. The van der Waals surface area contributed by atoms with Crippen LogP contribution in [0, 0.1) is 5.92 Å². The third kappa shape index (κ3) is 11.5. The number of phosphoric acid groups is 1. The lowest BCUT2D eigenvalue weighted by atomic mass is 9.89. The standard InChI is InChI=1S/C27H43N4O11PS/c32-19(10-5-2-6-13-28-25(36)26(44)29-24(35)18-8-3-1-4-9-18)11-7-14-30-22(34)12-15-31(27(30)37)23-16-20(33)21(42-23)17-41-43(38,39)40/h12,15,18,20-21,23,26,33,44H,1-11,13-14,16-17H2,(H,28,36)(H,29,35)(H2,38,39,40). The van der Waals surface area contributed by atoms with Crippen LogP contribution in [-0.2, 0) is 34.8 Å². The van der Waals surface area contributed by atoms with Gasteiger partial charge in [0.2, 0.25) is 5.91 Å². The average Bonchev–Trinajstić information content (AvgIpc) is 3.35. The SMILES string of the molecule is O=C(CCCCCNC(=O)C(S)NC(=O)C1CCCCC1)CCCn1c(=O)ccn(C2CC(O)C(COP(=O)(O)O)O2)c1=O. The number of ether oxygens (including phenoxy) is 1. The number of amides is 2. The van der Waals surface area contributed by atoms with E-state index in [1.807, 2.05) is 0 Å². The van der Waals surface area contributed by atoms with Crippen molar-refractivity contribution in [3.63, 3.8) is 0 Å². The lowest BCUT2D eigenvalue weighted by molar-refractivity contribution is -0.129. The van der Waals surface area contributed by atoms with Gasteiger partial charge in [-0.1, -0.05) is 25.7 Å². The van der Waals surface area contributed by atoms with Gasteiger partial charge in [-0.2, -0.15) is 0 Å². The third-order valence-electron chi connectivity index (χ3n) is 7.79. The van der Waals surface area contributed by atoms with E-state index in [4.69, 9.17) is 14.5 Å². The van der Waals surface area contributed by atoms with E-state index in [1.54, 1.807) is 0 Å². The van der Waals surface area contributed by atoms with Crippen LogP contribution >= 0.6 is 20.5 Å². The molecule has 2 amide bonds. The maximum atomic E-state index is 12.9. The molecule has 0 aromatic carbocycles. The number of Topliss-reactive ketones (excluding diaryl/α,β-unsaturated/α-hetero) is 1. The van der Waals surface area contributed by atoms with Crippen molar-refractivity contribution in [1.82, 2.24) is 19.8 Å². The van der Waals surface area contributed by atoms with Gasteiger partial charge >= 0.3 is 13.5 Å². The van der Waals surface area contributed by atoms with Gasteiger partial charge in [-0.25, -0.2) is 9.36 Å². The number of aliphatic hydroxyl groups excluding tert-OH is 1. The molecule has 0 radical (unpaired) electrons. The summed E-state index contributed by atoms with van der Waals surface area (Å²) in [7, 11) is -4.77. The zero-order valence-electron chi connectivity index (χ0n) is 24.5. The van der Waals surface area contributed by atoms with Crippen LogP contribution < -0.4 is 21.9 Å². The van der Waals surface area contributed by atoms with E-state index in [9.17, 15) is 33.6 Å². The summed E-state index contributed by atoms with van der Waals surface area (Å²) in [6.07, 6.45) is 5.54. The largest absolute Gasteiger partial charge is 0.469 e. The van der Waals surface area contributed by atoms with Gasteiger partial charge in [0.15, 0.2) is 5.37 Å². The van der Waals surface area contributed by atoms with Crippen molar-refractivity contribution in [3.8, 4) is 0 Å². The first kappa shape index (κ1) is 36.1. The number of hydrogen-bond acceptors (Lipinski definition) is 10. The van der Waals surface area contributed by atoms with Crippen LogP contribution in [0.5, 0.6) is 0 Å². The first-order valence-corrected chi connectivity index (χ1v) is 17.0. The van der Waals surface area contributed by atoms with Crippen LogP contribution in [0.15, 0.2) is 21.9 Å². The monoisotopic (exact) mass is 662 g/mol. The van der Waals surface area contributed by atoms with E-state index in [2.05, 4.69) is 27.8 Å². The molecule has 0 spiro atoms. The van der Waals surface area contributed by atoms with Crippen molar-refractivity contribution in [2.45, 2.75) is 107 Å². The summed E-state index contributed by atoms with van der Waals surface area (Å²) < 4.78 is 22.9. The highest BCUT2D eigenvalue weighted by atomic mass is 32.1. The molecule has 2 fully saturated rings. The number of carbonyl (C=O) groups is 3. The summed E-state index contributed by atoms with van der Waals surface area (Å²) in [5.41, 5.74) is -1.25. The number of hydrogen-bond donors (Lipinski definition) is 6. The van der Waals surface area contributed by atoms with Gasteiger partial charge in [-0.05, 0) is 32.1 Å². The van der Waals surface area contributed by atoms with Crippen LogP contribution in [0.25, 0.3) is 0 Å². The Labute approximate surface area is 260 Å². The number of carbonyl (C=O) groups excluding carboxylic acids is 3. The van der Waals surface area contributed by atoms with Gasteiger partial charge in [0.05, 0.1) is 12.7 Å². The summed E-state index contributed by atoms with van der Waals surface area (Å²) in [5.74, 6) is -0.577. The Morgan fingerprint density at radius 2 is 1.80 bits per heavy atom. The first-order valence-electron chi connectivity index (χ1n) is 15.0. The van der Waals surface area contributed by atoms with Crippen molar-refractivity contribution in [3.05, 3.63) is 33.1 Å². The fraction of sp³-hybridized carbons (Fsp3) is 0.741. The third-order valence-corrected chi connectivity index (χ3v) is 8.64. The van der Waals surface area contributed by atoms with Gasteiger partial charge < -0.3 is 30.3 Å². The molecule has 3 rings (SSSR count). The maximum absolute atomic E-state index is 12.9. The van der Waals surface area contributed by atoms with Gasteiger partial charge in [0, 0.05) is 50.5 Å². The Hall–Kier alpha value is -2.33. The summed E-state index contributed by atoms with van der Waals surface area (Å²) >= 11 is 4.20. The second kappa shape index (κ2) is 17.4. The summed E-state index contributed by atoms with van der Waals surface area (Å²) in [6.45, 7) is -0.187. The van der Waals surface area contributed by atoms with E-state index < -0.39 is 49.5 Å². The quantitative estimate of drug-likeness (QED) is 0.0592. The molecule has 1 aliphatic carbocycles. The van der Waals surface area contributed by atoms with Crippen molar-refractivity contribution in [2.24, 2.45) is 5.92 Å². The summed E-state index contributed by atoms with van der Waals surface area (Å²) in [5, 5.41) is 14.7. The van der Waals surface area contributed by atoms with E-state index in [-0.39, 0.29) is 49.3 Å². The molecule has 17 heteroatoms. The van der Waals surface area contributed by atoms with Gasteiger partial charge in [-0.15, -0.1) is 12.6 Å². The van der Waals surface area contributed by atoms with Crippen molar-refractivity contribution >= 4 is 38.0 Å². The highest BCUT2D eigenvalue weighted by Gasteiger charge is 2.37. The fourth-order valence-corrected chi connectivity index (χ4v) is 5.90. The number of nitrogens with one attached hydrogen (secondary N) is 2. The van der Waals surface area contributed by atoms with Crippen LogP contribution in [0.4, 0.5) is 0 Å². The van der Waals surface area contributed by atoms with Gasteiger partial charge in [0.1, 0.15) is 18.1 Å². The minimum atomic E-state index is -4.77. The molecule has 15 nitrogen and oxygen atoms in total. The number of aliphatic hydroxyl groups is 1. The number of unbranched alkanes of at least 4 members (excludes halogenated alkanes) is 2. The minimum Gasteiger partial charge on any atom is -0.390 e. The summed E-state index contributed by atoms with van der Waals surface area (Å²) in [6, 6.07) is 1.16. The Bertz CT molecular complexity index is 1290. The predicted octanol–water partition coefficient (Wildman–Crippen LogP) is 0.746. The fourth-order valence-electron chi connectivity index (χ4n) is 5.34. The van der Waals surface area contributed by atoms with Crippen LogP contribution in [0.1, 0.15) is 83.3 Å². The number of rotatable bonds is 17. The molecule has 2 aliphatic rings. The molecule has 0 bridgehead atoms. The molecule has 1 aromatic heterocycles. The van der Waals surface area contributed by atoms with E-state index in [1.165, 1.54) is 6.20 Å². The Kier molecular flexibility index (Phi) is 14.3. The molecular weight excluding hydrogens is 619 g/mol. The zero-order chi connectivity index (χ0) is 32.3. The van der Waals surface area contributed by atoms with Crippen LogP contribution in [-0.4, -0.2) is 72.4 Å². The Balaban J connectivity index is 1.32. The molecule has 4 atom stereocenters. The van der Waals surface area contributed by atoms with Gasteiger partial charge in [-0.3, -0.25) is 32.8 Å². The molecule has 248 valence electrons. The smallest absolute Gasteiger partial charge is 0.390 e. The number of thiol groups is 1. The molecule has 1 aliphatic heterocycles. The summed E-state index contributed by atoms with van der Waals surface area (Å²) in [4.78, 5) is 79.8. The predicted molar refractivity (Wildman–Crippen MR) is 161 cm³/mol. The topological polar surface area (TPSA) is 215 Å². The molecule has 5 N–H and O–H groups in total. The van der Waals surface area contributed by atoms with Crippen LogP contribution in [0.2, 0.25) is 0 Å². The molecule has 1 saturated carbocycles. The normalized spacial score (nSPS) is 21.6. The van der Waals surface area contributed by atoms with E-state index in [0.29, 0.717) is 32.2 Å².